The zero-order valence-electron chi connectivity index (χ0n) is 20.5. The number of halogens is 2. The van der Waals surface area contributed by atoms with Crippen LogP contribution < -0.4 is 5.32 Å². The van der Waals surface area contributed by atoms with Crippen LogP contribution in [0.5, 0.6) is 0 Å². The monoisotopic (exact) mass is 490 g/mol. The SMILES string of the molecule is CCC(C(=O)NC(C)(C)C)N(Cc1c(Cl)cccc1Cl)C(=O)CCc1ccc(C(C)C)cc1. The number of benzene rings is 2. The Morgan fingerprint density at radius 1 is 1.00 bits per heavy atom. The van der Waals surface area contributed by atoms with Crippen molar-refractivity contribution in [2.45, 2.75) is 84.8 Å². The van der Waals surface area contributed by atoms with Gasteiger partial charge in [0.2, 0.25) is 11.8 Å². The van der Waals surface area contributed by atoms with Crippen molar-refractivity contribution < 1.29 is 9.59 Å². The average molecular weight is 492 g/mol. The maximum Gasteiger partial charge on any atom is 0.243 e. The highest BCUT2D eigenvalue weighted by atomic mass is 35.5. The Labute approximate surface area is 208 Å². The average Bonchev–Trinajstić information content (AvgIpc) is 2.73. The molecule has 0 aliphatic rings. The van der Waals surface area contributed by atoms with Crippen LogP contribution in [0.25, 0.3) is 0 Å². The van der Waals surface area contributed by atoms with Gasteiger partial charge in [-0.3, -0.25) is 9.59 Å². The molecule has 0 aromatic heterocycles. The predicted molar refractivity (Wildman–Crippen MR) is 138 cm³/mol. The van der Waals surface area contributed by atoms with E-state index in [1.165, 1.54) is 5.56 Å². The second-order valence-electron chi connectivity index (χ2n) is 9.78. The quantitative estimate of drug-likeness (QED) is 0.421. The Kier molecular flexibility index (Phi) is 9.81. The van der Waals surface area contributed by atoms with Crippen LogP contribution in [0.3, 0.4) is 0 Å². The van der Waals surface area contributed by atoms with Crippen molar-refractivity contribution in [3.63, 3.8) is 0 Å². The van der Waals surface area contributed by atoms with Crippen LogP contribution in [0, 0.1) is 0 Å². The number of carbonyl (C=O) groups excluding carboxylic acids is 2. The van der Waals surface area contributed by atoms with Crippen molar-refractivity contribution in [3.8, 4) is 0 Å². The number of hydrogen-bond donors (Lipinski definition) is 1. The second-order valence-corrected chi connectivity index (χ2v) is 10.6. The smallest absolute Gasteiger partial charge is 0.243 e. The second kappa shape index (κ2) is 11.9. The normalized spacial score (nSPS) is 12.5. The fourth-order valence-corrected chi connectivity index (χ4v) is 4.21. The van der Waals surface area contributed by atoms with Gasteiger partial charge in [-0.15, -0.1) is 0 Å². The summed E-state index contributed by atoms with van der Waals surface area (Å²) < 4.78 is 0. The van der Waals surface area contributed by atoms with E-state index < -0.39 is 11.6 Å². The van der Waals surface area contributed by atoms with Crippen molar-refractivity contribution in [2.24, 2.45) is 0 Å². The summed E-state index contributed by atoms with van der Waals surface area (Å²) in [6.45, 7) is 12.2. The third kappa shape index (κ3) is 8.04. The summed E-state index contributed by atoms with van der Waals surface area (Å²) in [6, 6.07) is 13.0. The molecule has 2 rings (SSSR count). The van der Waals surface area contributed by atoms with Gasteiger partial charge in [-0.25, -0.2) is 0 Å². The maximum absolute atomic E-state index is 13.4. The van der Waals surface area contributed by atoms with E-state index in [0.717, 1.165) is 5.56 Å². The van der Waals surface area contributed by atoms with E-state index in [1.807, 2.05) is 27.7 Å². The molecule has 0 saturated heterocycles. The molecular formula is C27H36Cl2N2O2. The number of amides is 2. The highest BCUT2D eigenvalue weighted by Gasteiger charge is 2.31. The van der Waals surface area contributed by atoms with Crippen molar-refractivity contribution >= 4 is 35.0 Å². The number of rotatable bonds is 9. The van der Waals surface area contributed by atoms with Gasteiger partial charge in [0.1, 0.15) is 6.04 Å². The van der Waals surface area contributed by atoms with Crippen LogP contribution in [0.1, 0.15) is 77.0 Å². The summed E-state index contributed by atoms with van der Waals surface area (Å²) in [6.07, 6.45) is 1.38. The minimum absolute atomic E-state index is 0.102. The summed E-state index contributed by atoms with van der Waals surface area (Å²) in [7, 11) is 0. The molecule has 180 valence electrons. The molecule has 0 heterocycles. The molecule has 0 aliphatic carbocycles. The Morgan fingerprint density at radius 2 is 1.58 bits per heavy atom. The predicted octanol–water partition coefficient (Wildman–Crippen LogP) is 6.77. The van der Waals surface area contributed by atoms with E-state index in [0.29, 0.717) is 40.8 Å². The molecule has 0 fully saturated rings. The third-order valence-corrected chi connectivity index (χ3v) is 6.26. The highest BCUT2D eigenvalue weighted by Crippen LogP contribution is 2.27. The van der Waals surface area contributed by atoms with Gasteiger partial charge in [-0.2, -0.15) is 0 Å². The van der Waals surface area contributed by atoms with E-state index in [-0.39, 0.29) is 18.4 Å². The topological polar surface area (TPSA) is 49.4 Å². The van der Waals surface area contributed by atoms with E-state index in [9.17, 15) is 9.59 Å². The summed E-state index contributed by atoms with van der Waals surface area (Å²) in [5.74, 6) is 0.181. The molecule has 0 saturated carbocycles. The van der Waals surface area contributed by atoms with E-state index >= 15 is 0 Å². The lowest BCUT2D eigenvalue weighted by atomic mass is 10.00. The summed E-state index contributed by atoms with van der Waals surface area (Å²) in [5, 5.41) is 3.98. The van der Waals surface area contributed by atoms with Crippen molar-refractivity contribution in [1.29, 1.82) is 0 Å². The molecular weight excluding hydrogens is 455 g/mol. The Balaban J connectivity index is 2.28. The molecule has 6 heteroatoms. The number of carbonyl (C=O) groups is 2. The number of nitrogens with one attached hydrogen (secondary N) is 1. The van der Waals surface area contributed by atoms with Gasteiger partial charge in [0.05, 0.1) is 0 Å². The standard InChI is InChI=1S/C27H36Cl2N2O2/c1-7-24(26(33)30-27(4,5)6)31(17-21-22(28)9-8-10-23(21)29)25(32)16-13-19-11-14-20(15-12-19)18(2)3/h8-12,14-15,18,24H,7,13,16-17H2,1-6H3,(H,30,33). The molecule has 0 spiro atoms. The Hall–Kier alpha value is -2.04. The van der Waals surface area contributed by atoms with Crippen LogP contribution in [-0.4, -0.2) is 28.3 Å². The van der Waals surface area contributed by atoms with Crippen LogP contribution in [0.2, 0.25) is 10.0 Å². The molecule has 2 amide bonds. The fraction of sp³-hybridized carbons (Fsp3) is 0.481. The molecule has 0 radical (unpaired) electrons. The molecule has 33 heavy (non-hydrogen) atoms. The maximum atomic E-state index is 13.4. The minimum atomic E-state index is -0.618. The largest absolute Gasteiger partial charge is 0.350 e. The molecule has 1 N–H and O–H groups in total. The Morgan fingerprint density at radius 3 is 2.06 bits per heavy atom. The molecule has 2 aromatic rings. The van der Waals surface area contributed by atoms with Gasteiger partial charge in [-0.05, 0) is 62.8 Å². The molecule has 1 unspecified atom stereocenters. The number of aryl methyl sites for hydroxylation is 1. The lowest BCUT2D eigenvalue weighted by molar-refractivity contribution is -0.142. The molecule has 4 nitrogen and oxygen atoms in total. The van der Waals surface area contributed by atoms with Crippen molar-refractivity contribution in [1.82, 2.24) is 10.2 Å². The van der Waals surface area contributed by atoms with Gasteiger partial charge < -0.3 is 10.2 Å². The van der Waals surface area contributed by atoms with Crippen molar-refractivity contribution in [3.05, 3.63) is 69.2 Å². The Bertz CT molecular complexity index is 929. The summed E-state index contributed by atoms with van der Waals surface area (Å²) in [4.78, 5) is 28.2. The van der Waals surface area contributed by atoms with E-state index in [1.54, 1.807) is 23.1 Å². The number of nitrogens with zero attached hydrogens (tertiary/aromatic N) is 1. The lowest BCUT2D eigenvalue weighted by Gasteiger charge is -2.33. The third-order valence-electron chi connectivity index (χ3n) is 5.55. The minimum Gasteiger partial charge on any atom is -0.350 e. The van der Waals surface area contributed by atoms with E-state index in [2.05, 4.69) is 43.4 Å². The fourth-order valence-electron chi connectivity index (χ4n) is 3.69. The first-order valence-electron chi connectivity index (χ1n) is 11.6. The zero-order valence-corrected chi connectivity index (χ0v) is 22.1. The number of hydrogen-bond acceptors (Lipinski definition) is 2. The van der Waals surface area contributed by atoms with Gasteiger partial charge >= 0.3 is 0 Å². The van der Waals surface area contributed by atoms with Crippen LogP contribution in [-0.2, 0) is 22.6 Å². The first kappa shape index (κ1) is 27.2. The first-order chi connectivity index (χ1) is 15.4. The zero-order chi connectivity index (χ0) is 24.8. The van der Waals surface area contributed by atoms with E-state index in [4.69, 9.17) is 23.2 Å². The molecule has 0 bridgehead atoms. The van der Waals surface area contributed by atoms with Gasteiger partial charge in [-0.1, -0.05) is 74.3 Å². The molecule has 0 aliphatic heterocycles. The lowest BCUT2D eigenvalue weighted by Crippen LogP contribution is -2.53. The van der Waals surface area contributed by atoms with Crippen molar-refractivity contribution in [2.75, 3.05) is 0 Å². The summed E-state index contributed by atoms with van der Waals surface area (Å²) >= 11 is 12.8. The van der Waals surface area contributed by atoms with Gasteiger partial charge in [0.15, 0.2) is 0 Å². The van der Waals surface area contributed by atoms with Gasteiger partial charge in [0, 0.05) is 34.1 Å². The van der Waals surface area contributed by atoms with Crippen LogP contribution in [0.15, 0.2) is 42.5 Å². The van der Waals surface area contributed by atoms with Crippen LogP contribution in [0.4, 0.5) is 0 Å². The molecule has 2 aromatic carbocycles. The molecule has 1 atom stereocenters. The van der Waals surface area contributed by atoms with Gasteiger partial charge in [0.25, 0.3) is 0 Å². The highest BCUT2D eigenvalue weighted by molar-refractivity contribution is 6.36. The van der Waals surface area contributed by atoms with Crippen LogP contribution >= 0.6 is 23.2 Å². The summed E-state index contributed by atoms with van der Waals surface area (Å²) in [5.41, 5.74) is 2.61. The first-order valence-corrected chi connectivity index (χ1v) is 12.3.